The molecule has 1 heteroatoms. The van der Waals surface area contributed by atoms with Gasteiger partial charge in [-0.1, -0.05) is 36.8 Å². The molecule has 2 N–H and O–H groups in total. The van der Waals surface area contributed by atoms with E-state index in [1.165, 1.54) is 56.9 Å². The van der Waals surface area contributed by atoms with E-state index in [9.17, 15) is 0 Å². The number of nitrogens with two attached hydrogens (primary N) is 1. The Bertz CT molecular complexity index is 468. The molecule has 3 aliphatic carbocycles. The zero-order valence-corrected chi connectivity index (χ0v) is 12.4. The molecule has 5 unspecified atom stereocenters. The van der Waals surface area contributed by atoms with E-state index in [2.05, 4.69) is 30.3 Å². The first-order chi connectivity index (χ1) is 9.76. The summed E-state index contributed by atoms with van der Waals surface area (Å²) in [6.45, 7) is 0. The fraction of sp³-hybridized carbons (Fsp3) is 0.684. The molecule has 3 fully saturated rings. The average Bonchev–Trinajstić information content (AvgIpc) is 3.11. The molecule has 1 aromatic carbocycles. The van der Waals surface area contributed by atoms with Crippen LogP contribution >= 0.6 is 0 Å². The van der Waals surface area contributed by atoms with E-state index in [0.717, 1.165) is 23.7 Å². The maximum atomic E-state index is 6.86. The molecule has 0 spiro atoms. The van der Waals surface area contributed by atoms with Crippen molar-refractivity contribution in [3.8, 4) is 0 Å². The molecule has 0 aliphatic heterocycles. The predicted molar refractivity (Wildman–Crippen MR) is 83.3 cm³/mol. The van der Waals surface area contributed by atoms with E-state index in [1.807, 2.05) is 0 Å². The summed E-state index contributed by atoms with van der Waals surface area (Å²) in [7, 11) is 0. The van der Waals surface area contributed by atoms with Crippen molar-refractivity contribution in [2.24, 2.45) is 29.4 Å². The van der Waals surface area contributed by atoms with E-state index in [1.54, 1.807) is 0 Å². The van der Waals surface area contributed by atoms with Crippen molar-refractivity contribution in [2.75, 3.05) is 0 Å². The Labute approximate surface area is 122 Å². The minimum absolute atomic E-state index is 0.185. The molecule has 0 radical (unpaired) electrons. The summed E-state index contributed by atoms with van der Waals surface area (Å²) in [5.74, 6) is 3.89. The summed E-state index contributed by atoms with van der Waals surface area (Å²) in [5.41, 5.74) is 8.52. The van der Waals surface area contributed by atoms with Crippen molar-refractivity contribution in [1.29, 1.82) is 0 Å². The SMILES string of the molecule is NC1(CCCc2ccccc2)CC2CC1C1CCCC21. The van der Waals surface area contributed by atoms with Crippen LogP contribution in [0.5, 0.6) is 0 Å². The third-order valence-electron chi connectivity index (χ3n) is 6.64. The fourth-order valence-corrected chi connectivity index (χ4v) is 5.87. The lowest BCUT2D eigenvalue weighted by atomic mass is 9.69. The highest BCUT2D eigenvalue weighted by atomic mass is 14.8. The Kier molecular flexibility index (Phi) is 3.14. The molecule has 4 rings (SSSR count). The van der Waals surface area contributed by atoms with Gasteiger partial charge in [-0.3, -0.25) is 0 Å². The van der Waals surface area contributed by atoms with Crippen molar-refractivity contribution in [1.82, 2.24) is 0 Å². The van der Waals surface area contributed by atoms with Gasteiger partial charge in [-0.25, -0.2) is 0 Å². The van der Waals surface area contributed by atoms with Gasteiger partial charge in [-0.05, 0) is 74.2 Å². The molecule has 3 aliphatic rings. The van der Waals surface area contributed by atoms with Crippen molar-refractivity contribution in [3.63, 3.8) is 0 Å². The van der Waals surface area contributed by atoms with Gasteiger partial charge in [0.25, 0.3) is 0 Å². The lowest BCUT2D eigenvalue weighted by Crippen LogP contribution is -2.49. The van der Waals surface area contributed by atoms with Gasteiger partial charge in [0.05, 0.1) is 0 Å². The maximum absolute atomic E-state index is 6.86. The van der Waals surface area contributed by atoms with Crippen LogP contribution in [0.3, 0.4) is 0 Å². The molecule has 0 aromatic heterocycles. The number of hydrogen-bond donors (Lipinski definition) is 1. The van der Waals surface area contributed by atoms with Gasteiger partial charge in [0.2, 0.25) is 0 Å². The lowest BCUT2D eigenvalue weighted by molar-refractivity contribution is 0.146. The zero-order chi connectivity index (χ0) is 13.6. The van der Waals surface area contributed by atoms with Crippen LogP contribution in [-0.4, -0.2) is 5.54 Å². The summed E-state index contributed by atoms with van der Waals surface area (Å²) in [4.78, 5) is 0. The van der Waals surface area contributed by atoms with E-state index in [4.69, 9.17) is 5.73 Å². The van der Waals surface area contributed by atoms with Gasteiger partial charge >= 0.3 is 0 Å². The molecule has 0 saturated heterocycles. The van der Waals surface area contributed by atoms with E-state index < -0.39 is 0 Å². The molecule has 0 heterocycles. The monoisotopic (exact) mass is 269 g/mol. The lowest BCUT2D eigenvalue weighted by Gasteiger charge is -2.40. The van der Waals surface area contributed by atoms with Gasteiger partial charge in [0.15, 0.2) is 0 Å². The third kappa shape index (κ3) is 2.02. The fourth-order valence-electron chi connectivity index (χ4n) is 5.87. The Morgan fingerprint density at radius 2 is 1.90 bits per heavy atom. The van der Waals surface area contributed by atoms with Gasteiger partial charge < -0.3 is 5.73 Å². The van der Waals surface area contributed by atoms with Crippen LogP contribution in [-0.2, 0) is 6.42 Å². The summed E-state index contributed by atoms with van der Waals surface area (Å²) in [6.07, 6.45) is 10.9. The second-order valence-electron chi connectivity index (χ2n) is 7.64. The normalized spacial score (nSPS) is 42.0. The summed E-state index contributed by atoms with van der Waals surface area (Å²) in [6, 6.07) is 10.9. The summed E-state index contributed by atoms with van der Waals surface area (Å²) >= 11 is 0. The Morgan fingerprint density at radius 1 is 1.10 bits per heavy atom. The van der Waals surface area contributed by atoms with Crippen molar-refractivity contribution in [2.45, 2.75) is 56.9 Å². The largest absolute Gasteiger partial charge is 0.325 e. The molecule has 108 valence electrons. The highest BCUT2D eigenvalue weighted by Crippen LogP contribution is 2.62. The molecule has 5 atom stereocenters. The average molecular weight is 269 g/mol. The van der Waals surface area contributed by atoms with Crippen molar-refractivity contribution < 1.29 is 0 Å². The molecule has 20 heavy (non-hydrogen) atoms. The summed E-state index contributed by atoms with van der Waals surface area (Å²) in [5, 5.41) is 0. The third-order valence-corrected chi connectivity index (χ3v) is 6.64. The van der Waals surface area contributed by atoms with Crippen LogP contribution < -0.4 is 5.73 Å². The Morgan fingerprint density at radius 3 is 2.75 bits per heavy atom. The van der Waals surface area contributed by atoms with Crippen LogP contribution in [0.15, 0.2) is 30.3 Å². The molecular weight excluding hydrogens is 242 g/mol. The summed E-state index contributed by atoms with van der Waals surface area (Å²) < 4.78 is 0. The zero-order valence-electron chi connectivity index (χ0n) is 12.4. The standard InChI is InChI=1S/C19H27N/c20-19(11-5-8-14-6-2-1-3-7-14)13-15-12-18(19)17-10-4-9-16(15)17/h1-3,6-7,15-18H,4-5,8-13,20H2. The van der Waals surface area contributed by atoms with Gasteiger partial charge in [-0.15, -0.1) is 0 Å². The Hall–Kier alpha value is -0.820. The number of benzene rings is 1. The first kappa shape index (κ1) is 12.9. The molecule has 0 amide bonds. The van der Waals surface area contributed by atoms with Gasteiger partial charge in [0, 0.05) is 5.54 Å². The minimum Gasteiger partial charge on any atom is -0.325 e. The van der Waals surface area contributed by atoms with Crippen LogP contribution in [0.1, 0.15) is 50.5 Å². The van der Waals surface area contributed by atoms with E-state index in [0.29, 0.717) is 0 Å². The van der Waals surface area contributed by atoms with Gasteiger partial charge in [0.1, 0.15) is 0 Å². The highest BCUT2D eigenvalue weighted by Gasteiger charge is 2.58. The molecule has 3 saturated carbocycles. The van der Waals surface area contributed by atoms with Gasteiger partial charge in [-0.2, -0.15) is 0 Å². The van der Waals surface area contributed by atoms with Crippen LogP contribution in [0, 0.1) is 23.7 Å². The number of aryl methyl sites for hydroxylation is 1. The topological polar surface area (TPSA) is 26.0 Å². The second kappa shape index (κ2) is 4.87. The maximum Gasteiger partial charge on any atom is 0.0188 e. The van der Waals surface area contributed by atoms with Crippen molar-refractivity contribution in [3.05, 3.63) is 35.9 Å². The van der Waals surface area contributed by atoms with E-state index in [-0.39, 0.29) is 5.54 Å². The second-order valence-corrected chi connectivity index (χ2v) is 7.64. The van der Waals surface area contributed by atoms with Crippen LogP contribution in [0.25, 0.3) is 0 Å². The molecular formula is C19H27N. The van der Waals surface area contributed by atoms with Crippen LogP contribution in [0.4, 0.5) is 0 Å². The van der Waals surface area contributed by atoms with Crippen LogP contribution in [0.2, 0.25) is 0 Å². The first-order valence-electron chi connectivity index (χ1n) is 8.59. The predicted octanol–water partition coefficient (Wildman–Crippen LogP) is 4.16. The molecule has 2 bridgehead atoms. The number of hydrogen-bond acceptors (Lipinski definition) is 1. The first-order valence-corrected chi connectivity index (χ1v) is 8.59. The molecule has 1 nitrogen and oxygen atoms in total. The number of rotatable bonds is 4. The highest BCUT2D eigenvalue weighted by molar-refractivity contribution is 5.16. The molecule has 1 aromatic rings. The smallest absolute Gasteiger partial charge is 0.0188 e. The number of fused-ring (bicyclic) bond motifs is 5. The van der Waals surface area contributed by atoms with E-state index >= 15 is 0 Å². The van der Waals surface area contributed by atoms with Crippen molar-refractivity contribution >= 4 is 0 Å². The minimum atomic E-state index is 0.185. The Balaban J connectivity index is 1.37. The quantitative estimate of drug-likeness (QED) is 0.872.